The molecule has 1 aromatic carbocycles. The lowest BCUT2D eigenvalue weighted by Crippen LogP contribution is -2.34. The number of rotatable bonds is 5. The molecule has 0 amide bonds. The summed E-state index contributed by atoms with van der Waals surface area (Å²) in [6, 6.07) is 6.76. The van der Waals surface area contributed by atoms with Gasteiger partial charge in [-0.1, -0.05) is 24.3 Å². The summed E-state index contributed by atoms with van der Waals surface area (Å²) >= 11 is 0. The highest BCUT2D eigenvalue weighted by molar-refractivity contribution is 6.58. The third-order valence-electron chi connectivity index (χ3n) is 3.26. The summed E-state index contributed by atoms with van der Waals surface area (Å²) in [5.74, 6) is -0.321. The minimum Gasteiger partial charge on any atom is -0.464 e. The molecule has 0 saturated carbocycles. The van der Waals surface area contributed by atoms with E-state index in [2.05, 4.69) is 4.99 Å². The number of ether oxygens (including phenoxy) is 1. The molecule has 1 aliphatic heterocycles. The molecule has 1 unspecified atom stereocenters. The Balaban J connectivity index is 2.09. The Morgan fingerprint density at radius 1 is 1.37 bits per heavy atom. The zero-order valence-electron chi connectivity index (χ0n) is 11.0. The van der Waals surface area contributed by atoms with E-state index in [1.807, 2.05) is 6.92 Å². The fourth-order valence-corrected chi connectivity index (χ4v) is 2.04. The molecular formula is C13H16BNO4. The molecule has 19 heavy (non-hydrogen) atoms. The summed E-state index contributed by atoms with van der Waals surface area (Å²) in [7, 11) is -1.48. The second-order valence-electron chi connectivity index (χ2n) is 4.57. The Morgan fingerprint density at radius 3 is 2.37 bits per heavy atom. The second kappa shape index (κ2) is 5.15. The predicted octanol–water partition coefficient (Wildman–Crippen LogP) is -0.315. The molecule has 0 spiro atoms. The van der Waals surface area contributed by atoms with Crippen molar-refractivity contribution in [2.45, 2.75) is 25.8 Å². The van der Waals surface area contributed by atoms with Crippen molar-refractivity contribution < 1.29 is 19.6 Å². The molecule has 6 heteroatoms. The second-order valence-corrected chi connectivity index (χ2v) is 4.57. The van der Waals surface area contributed by atoms with E-state index in [4.69, 9.17) is 14.8 Å². The van der Waals surface area contributed by atoms with Gasteiger partial charge in [0.05, 0.1) is 12.3 Å². The van der Waals surface area contributed by atoms with E-state index in [0.29, 0.717) is 18.5 Å². The molecule has 1 heterocycles. The van der Waals surface area contributed by atoms with Crippen molar-refractivity contribution in [1.29, 1.82) is 0 Å². The van der Waals surface area contributed by atoms with Gasteiger partial charge in [-0.25, -0.2) is 4.79 Å². The normalized spacial score (nSPS) is 20.7. The topological polar surface area (TPSA) is 79.1 Å². The first-order chi connectivity index (χ1) is 8.99. The Bertz CT molecular complexity index is 512. The number of benzene rings is 1. The molecule has 0 aliphatic carbocycles. The van der Waals surface area contributed by atoms with E-state index >= 15 is 0 Å². The third kappa shape index (κ3) is 2.69. The Kier molecular flexibility index (Phi) is 3.73. The Hall–Kier alpha value is -1.66. The lowest BCUT2D eigenvalue weighted by molar-refractivity contribution is -0.145. The number of hydrogen-bond acceptors (Lipinski definition) is 5. The zero-order chi connectivity index (χ0) is 14.0. The maximum absolute atomic E-state index is 11.9. The average Bonchev–Trinajstić information content (AvgIpc) is 3.02. The van der Waals surface area contributed by atoms with E-state index in [0.717, 1.165) is 11.3 Å². The summed E-state index contributed by atoms with van der Waals surface area (Å²) in [6.45, 7) is 3.91. The number of hydrogen-bond donors (Lipinski definition) is 2. The van der Waals surface area contributed by atoms with Gasteiger partial charge in [0.2, 0.25) is 0 Å². The highest BCUT2D eigenvalue weighted by Crippen LogP contribution is 2.33. The van der Waals surface area contributed by atoms with Crippen LogP contribution in [0.1, 0.15) is 19.4 Å². The van der Waals surface area contributed by atoms with Gasteiger partial charge in [0.15, 0.2) is 5.54 Å². The van der Waals surface area contributed by atoms with E-state index in [1.165, 1.54) is 0 Å². The van der Waals surface area contributed by atoms with Crippen molar-refractivity contribution in [3.63, 3.8) is 0 Å². The monoisotopic (exact) mass is 261 g/mol. The van der Waals surface area contributed by atoms with Gasteiger partial charge < -0.3 is 14.8 Å². The molecule has 100 valence electrons. The Morgan fingerprint density at radius 2 is 1.95 bits per heavy atom. The van der Waals surface area contributed by atoms with Crippen LogP contribution in [0.3, 0.4) is 0 Å². The number of nitrogens with zero attached hydrogens (tertiary/aromatic N) is 1. The van der Waals surface area contributed by atoms with E-state index in [9.17, 15) is 4.79 Å². The molecule has 2 N–H and O–H groups in total. The Labute approximate surface area is 112 Å². The van der Waals surface area contributed by atoms with Gasteiger partial charge in [-0.2, -0.15) is 0 Å². The highest BCUT2D eigenvalue weighted by Gasteiger charge is 2.52. The molecule has 0 aromatic heterocycles. The fraction of sp³-hybridized carbons (Fsp3) is 0.385. The number of carbonyl (C=O) groups is 1. The first-order valence-corrected chi connectivity index (χ1v) is 6.18. The van der Waals surface area contributed by atoms with Crippen molar-refractivity contribution in [1.82, 2.24) is 0 Å². The van der Waals surface area contributed by atoms with Crippen LogP contribution < -0.4 is 5.46 Å². The predicted molar refractivity (Wildman–Crippen MR) is 72.4 cm³/mol. The van der Waals surface area contributed by atoms with Crippen LogP contribution in [0.5, 0.6) is 0 Å². The van der Waals surface area contributed by atoms with Crippen LogP contribution >= 0.6 is 0 Å². The van der Waals surface area contributed by atoms with Crippen molar-refractivity contribution in [2.75, 3.05) is 6.61 Å². The van der Waals surface area contributed by atoms with E-state index < -0.39 is 12.7 Å². The molecule has 0 saturated heterocycles. The highest BCUT2D eigenvalue weighted by atomic mass is 16.5. The minimum atomic E-state index is -1.48. The summed E-state index contributed by atoms with van der Waals surface area (Å²) in [5.41, 5.74) is 1.26. The maximum atomic E-state index is 11.9. The van der Waals surface area contributed by atoms with Crippen molar-refractivity contribution in [3.05, 3.63) is 29.8 Å². The van der Waals surface area contributed by atoms with Gasteiger partial charge in [-0.15, -0.1) is 0 Å². The lowest BCUT2D eigenvalue weighted by atomic mass is 9.79. The number of aliphatic imine (C=N–C) groups is 1. The van der Waals surface area contributed by atoms with Crippen molar-refractivity contribution in [3.8, 4) is 0 Å². The third-order valence-corrected chi connectivity index (χ3v) is 3.26. The summed E-state index contributed by atoms with van der Waals surface area (Å²) in [5, 5.41) is 18.0. The van der Waals surface area contributed by atoms with Crippen LogP contribution in [-0.2, 0) is 16.0 Å². The molecule has 1 aromatic rings. The molecular weight excluding hydrogens is 245 g/mol. The van der Waals surface area contributed by atoms with Crippen LogP contribution in [0.4, 0.5) is 0 Å². The molecule has 2 rings (SSSR count). The fourth-order valence-electron chi connectivity index (χ4n) is 2.04. The average molecular weight is 261 g/mol. The SMILES string of the molecule is CCOC(=O)C1(Cc2ccc(B(O)O)cc2)N=C1C. The standard InChI is InChI=1S/C13H16BNO4/c1-3-19-12(16)13(9(2)15-13)8-10-4-6-11(7-5-10)14(17)18/h4-7,17-18H,3,8H2,1-2H3. The molecule has 0 fully saturated rings. The van der Waals surface area contributed by atoms with Crippen molar-refractivity contribution >= 4 is 24.3 Å². The smallest absolute Gasteiger partial charge is 0.464 e. The van der Waals surface area contributed by atoms with Crippen LogP contribution in [0.15, 0.2) is 29.3 Å². The van der Waals surface area contributed by atoms with Crippen molar-refractivity contribution in [2.24, 2.45) is 4.99 Å². The van der Waals surface area contributed by atoms with Crippen LogP contribution in [0.2, 0.25) is 0 Å². The van der Waals surface area contributed by atoms with Gasteiger partial charge >= 0.3 is 13.1 Å². The first-order valence-electron chi connectivity index (χ1n) is 6.18. The van der Waals surface area contributed by atoms with Crippen LogP contribution in [-0.4, -0.2) is 41.0 Å². The molecule has 0 radical (unpaired) electrons. The quantitative estimate of drug-likeness (QED) is 0.562. The summed E-state index contributed by atoms with van der Waals surface area (Å²) < 4.78 is 5.04. The molecule has 1 atom stereocenters. The van der Waals surface area contributed by atoms with Gasteiger partial charge in [0.1, 0.15) is 0 Å². The molecule has 5 nitrogen and oxygen atoms in total. The minimum absolute atomic E-state index is 0.321. The van der Waals surface area contributed by atoms with Gasteiger partial charge in [0.25, 0.3) is 0 Å². The summed E-state index contributed by atoms with van der Waals surface area (Å²) in [4.78, 5) is 16.1. The van der Waals surface area contributed by atoms with E-state index in [-0.39, 0.29) is 5.97 Å². The number of esters is 1. The zero-order valence-corrected chi connectivity index (χ0v) is 11.0. The maximum Gasteiger partial charge on any atom is 0.488 e. The molecule has 0 bridgehead atoms. The van der Waals surface area contributed by atoms with Gasteiger partial charge in [-0.3, -0.25) is 4.99 Å². The first kappa shape index (κ1) is 13.8. The van der Waals surface area contributed by atoms with Crippen LogP contribution in [0, 0.1) is 0 Å². The summed E-state index contributed by atoms with van der Waals surface area (Å²) in [6.07, 6.45) is 0.444. The van der Waals surface area contributed by atoms with Gasteiger partial charge in [-0.05, 0) is 24.9 Å². The molecule has 1 aliphatic rings. The largest absolute Gasteiger partial charge is 0.488 e. The number of carbonyl (C=O) groups excluding carboxylic acids is 1. The van der Waals surface area contributed by atoms with E-state index in [1.54, 1.807) is 31.2 Å². The van der Waals surface area contributed by atoms with Gasteiger partial charge in [0, 0.05) is 6.42 Å². The lowest BCUT2D eigenvalue weighted by Gasteiger charge is -2.13. The van der Waals surface area contributed by atoms with Crippen LogP contribution in [0.25, 0.3) is 0 Å².